The molecule has 0 amide bonds. The minimum Gasteiger partial charge on any atom is -0.393 e. The normalized spacial score (nSPS) is 12.7. The van der Waals surface area contributed by atoms with Crippen molar-refractivity contribution in [3.05, 3.63) is 34.1 Å². The number of aliphatic hydroxyl groups excluding tert-OH is 1. The molecule has 1 rings (SSSR count). The molecule has 0 aliphatic heterocycles. The Kier molecular flexibility index (Phi) is 6.70. The molecule has 0 aliphatic carbocycles. The largest absolute Gasteiger partial charge is 0.393 e. The highest BCUT2D eigenvalue weighted by molar-refractivity contribution is 9.10. The molecular formula is C13H18BrFO2. The van der Waals surface area contributed by atoms with Gasteiger partial charge in [-0.2, -0.15) is 0 Å². The zero-order valence-corrected chi connectivity index (χ0v) is 11.5. The molecule has 0 radical (unpaired) electrons. The quantitative estimate of drug-likeness (QED) is 0.783. The predicted octanol–water partition coefficient (Wildman–Crippen LogP) is 3.31. The first-order valence-corrected chi connectivity index (χ1v) is 6.62. The fourth-order valence-corrected chi connectivity index (χ4v) is 1.93. The van der Waals surface area contributed by atoms with Crippen molar-refractivity contribution in [1.29, 1.82) is 0 Å². The third-order valence-electron chi connectivity index (χ3n) is 2.41. The first-order chi connectivity index (χ1) is 8.13. The van der Waals surface area contributed by atoms with Gasteiger partial charge in [0.25, 0.3) is 0 Å². The van der Waals surface area contributed by atoms with Crippen LogP contribution in [0.2, 0.25) is 0 Å². The highest BCUT2D eigenvalue weighted by atomic mass is 79.9. The van der Waals surface area contributed by atoms with Gasteiger partial charge in [-0.1, -0.05) is 22.9 Å². The molecule has 1 unspecified atom stereocenters. The van der Waals surface area contributed by atoms with Crippen LogP contribution in [0, 0.1) is 5.82 Å². The van der Waals surface area contributed by atoms with Crippen LogP contribution in [-0.2, 0) is 11.2 Å². The number of halogens is 2. The Hall–Kier alpha value is -0.450. The molecular weight excluding hydrogens is 287 g/mol. The van der Waals surface area contributed by atoms with Gasteiger partial charge in [-0.15, -0.1) is 0 Å². The van der Waals surface area contributed by atoms with Crippen molar-refractivity contribution in [2.45, 2.75) is 32.3 Å². The van der Waals surface area contributed by atoms with Crippen LogP contribution in [0.15, 0.2) is 22.7 Å². The summed E-state index contributed by atoms with van der Waals surface area (Å²) >= 11 is 3.34. The van der Waals surface area contributed by atoms with E-state index in [0.29, 0.717) is 19.4 Å². The molecule has 0 bridgehead atoms. The van der Waals surface area contributed by atoms with Gasteiger partial charge in [-0.3, -0.25) is 0 Å². The predicted molar refractivity (Wildman–Crippen MR) is 69.5 cm³/mol. The second-order valence-electron chi connectivity index (χ2n) is 3.99. The SMILES string of the molecule is CCCOCCC(O)Cc1cc(F)ccc1Br. The lowest BCUT2D eigenvalue weighted by Crippen LogP contribution is -2.14. The van der Waals surface area contributed by atoms with E-state index in [1.165, 1.54) is 12.1 Å². The van der Waals surface area contributed by atoms with Crippen LogP contribution in [0.25, 0.3) is 0 Å². The van der Waals surface area contributed by atoms with E-state index in [2.05, 4.69) is 15.9 Å². The summed E-state index contributed by atoms with van der Waals surface area (Å²) in [7, 11) is 0. The highest BCUT2D eigenvalue weighted by Crippen LogP contribution is 2.20. The van der Waals surface area contributed by atoms with Gasteiger partial charge in [-0.25, -0.2) is 4.39 Å². The lowest BCUT2D eigenvalue weighted by atomic mass is 10.1. The van der Waals surface area contributed by atoms with Gasteiger partial charge in [0, 0.05) is 17.7 Å². The Morgan fingerprint density at radius 1 is 1.41 bits per heavy atom. The minimum absolute atomic E-state index is 0.280. The summed E-state index contributed by atoms with van der Waals surface area (Å²) in [6.07, 6.45) is 1.49. The molecule has 0 spiro atoms. The average molecular weight is 305 g/mol. The Morgan fingerprint density at radius 2 is 2.18 bits per heavy atom. The topological polar surface area (TPSA) is 29.5 Å². The first kappa shape index (κ1) is 14.6. The van der Waals surface area contributed by atoms with E-state index >= 15 is 0 Å². The fourth-order valence-electron chi connectivity index (χ4n) is 1.52. The highest BCUT2D eigenvalue weighted by Gasteiger charge is 2.09. The molecule has 17 heavy (non-hydrogen) atoms. The summed E-state index contributed by atoms with van der Waals surface area (Å²) in [5.74, 6) is -0.280. The molecule has 0 aromatic heterocycles. The molecule has 1 aromatic carbocycles. The third-order valence-corrected chi connectivity index (χ3v) is 3.18. The Morgan fingerprint density at radius 3 is 2.88 bits per heavy atom. The molecule has 96 valence electrons. The second kappa shape index (κ2) is 7.80. The summed E-state index contributed by atoms with van der Waals surface area (Å²) in [5, 5.41) is 9.79. The fraction of sp³-hybridized carbons (Fsp3) is 0.538. The molecule has 2 nitrogen and oxygen atoms in total. The van der Waals surface area contributed by atoms with Crippen LogP contribution in [0.1, 0.15) is 25.3 Å². The summed E-state index contributed by atoms with van der Waals surface area (Å²) in [4.78, 5) is 0. The van der Waals surface area contributed by atoms with E-state index < -0.39 is 6.10 Å². The Balaban J connectivity index is 2.39. The number of ether oxygens (including phenoxy) is 1. The van der Waals surface area contributed by atoms with Crippen molar-refractivity contribution in [2.24, 2.45) is 0 Å². The molecule has 0 saturated heterocycles. The van der Waals surface area contributed by atoms with Gasteiger partial charge in [0.15, 0.2) is 0 Å². The van der Waals surface area contributed by atoms with Gasteiger partial charge < -0.3 is 9.84 Å². The van der Waals surface area contributed by atoms with Crippen LogP contribution < -0.4 is 0 Å². The van der Waals surface area contributed by atoms with Crippen LogP contribution >= 0.6 is 15.9 Å². The number of hydrogen-bond donors (Lipinski definition) is 1. The van der Waals surface area contributed by atoms with Gasteiger partial charge in [0.05, 0.1) is 6.10 Å². The molecule has 0 saturated carbocycles. The first-order valence-electron chi connectivity index (χ1n) is 5.83. The summed E-state index contributed by atoms with van der Waals surface area (Å²) < 4.78 is 19.1. The zero-order chi connectivity index (χ0) is 12.7. The van der Waals surface area contributed by atoms with Gasteiger partial charge in [0.2, 0.25) is 0 Å². The second-order valence-corrected chi connectivity index (χ2v) is 4.85. The molecule has 0 fully saturated rings. The molecule has 1 aromatic rings. The Bertz CT molecular complexity index is 344. The van der Waals surface area contributed by atoms with E-state index in [1.807, 2.05) is 6.92 Å². The van der Waals surface area contributed by atoms with Crippen molar-refractivity contribution in [1.82, 2.24) is 0 Å². The molecule has 4 heteroatoms. The van der Waals surface area contributed by atoms with Gasteiger partial charge in [0.1, 0.15) is 5.82 Å². The molecule has 1 N–H and O–H groups in total. The van der Waals surface area contributed by atoms with Crippen molar-refractivity contribution >= 4 is 15.9 Å². The maximum absolute atomic E-state index is 13.0. The Labute approximate surface area is 110 Å². The van der Waals surface area contributed by atoms with Crippen LogP contribution in [0.4, 0.5) is 4.39 Å². The van der Waals surface area contributed by atoms with E-state index in [0.717, 1.165) is 23.1 Å². The van der Waals surface area contributed by atoms with Gasteiger partial charge in [-0.05, 0) is 43.0 Å². The summed E-state index contributed by atoms with van der Waals surface area (Å²) in [6.45, 7) is 3.30. The molecule has 0 aliphatic rings. The van der Waals surface area contributed by atoms with E-state index in [4.69, 9.17) is 4.74 Å². The van der Waals surface area contributed by atoms with Crippen molar-refractivity contribution < 1.29 is 14.2 Å². The lowest BCUT2D eigenvalue weighted by Gasteiger charge is -2.12. The van der Waals surface area contributed by atoms with E-state index in [9.17, 15) is 9.50 Å². The number of aliphatic hydroxyl groups is 1. The average Bonchev–Trinajstić information content (AvgIpc) is 2.29. The molecule has 0 heterocycles. The molecule has 1 atom stereocenters. The number of benzene rings is 1. The summed E-state index contributed by atoms with van der Waals surface area (Å²) in [5.41, 5.74) is 0.785. The smallest absolute Gasteiger partial charge is 0.123 e. The maximum Gasteiger partial charge on any atom is 0.123 e. The van der Waals surface area contributed by atoms with Crippen LogP contribution in [0.3, 0.4) is 0 Å². The van der Waals surface area contributed by atoms with Gasteiger partial charge >= 0.3 is 0 Å². The van der Waals surface area contributed by atoms with E-state index in [1.54, 1.807) is 6.07 Å². The minimum atomic E-state index is -0.495. The number of hydrogen-bond acceptors (Lipinski definition) is 2. The van der Waals surface area contributed by atoms with Crippen molar-refractivity contribution in [3.63, 3.8) is 0 Å². The van der Waals surface area contributed by atoms with E-state index in [-0.39, 0.29) is 5.82 Å². The summed E-state index contributed by atoms with van der Waals surface area (Å²) in [6, 6.07) is 4.50. The standard InChI is InChI=1S/C13H18BrFO2/c1-2-6-17-7-5-12(16)9-10-8-11(15)3-4-13(10)14/h3-4,8,12,16H,2,5-7,9H2,1H3. The number of rotatable bonds is 7. The third kappa shape index (κ3) is 5.61. The van der Waals surface area contributed by atoms with Crippen LogP contribution in [0.5, 0.6) is 0 Å². The van der Waals surface area contributed by atoms with Crippen molar-refractivity contribution in [2.75, 3.05) is 13.2 Å². The van der Waals surface area contributed by atoms with Crippen LogP contribution in [-0.4, -0.2) is 24.4 Å². The van der Waals surface area contributed by atoms with Crippen molar-refractivity contribution in [3.8, 4) is 0 Å². The monoisotopic (exact) mass is 304 g/mol. The lowest BCUT2D eigenvalue weighted by molar-refractivity contribution is 0.0823. The maximum atomic E-state index is 13.0. The zero-order valence-electron chi connectivity index (χ0n) is 9.96.